The summed E-state index contributed by atoms with van der Waals surface area (Å²) in [5, 5.41) is 8.54. The maximum absolute atomic E-state index is 12.7. The molecular weight excluding hydrogens is 468 g/mol. The summed E-state index contributed by atoms with van der Waals surface area (Å²) in [6, 6.07) is -1.38. The van der Waals surface area contributed by atoms with Gasteiger partial charge in [0.05, 0.1) is 6.04 Å². The Bertz CT molecular complexity index is 703. The predicted octanol–water partition coefficient (Wildman–Crippen LogP) is 2.54. The highest BCUT2D eigenvalue weighted by molar-refractivity contribution is 6.76. The van der Waals surface area contributed by atoms with Gasteiger partial charge < -0.3 is 31.2 Å². The normalized spacial score (nSPS) is 14.6. The molecule has 0 bridgehead atoms. The summed E-state index contributed by atoms with van der Waals surface area (Å²) in [6.45, 7) is 18.6. The molecule has 0 aliphatic heterocycles. The summed E-state index contributed by atoms with van der Waals surface area (Å²) in [4.78, 5) is 48.8. The minimum Gasteiger partial charge on any atom is -0.444 e. The van der Waals surface area contributed by atoms with Crippen LogP contribution in [0.15, 0.2) is 0 Å². The standard InChI is InChI=1S/C24H48N4O6Si/c1-16(2)19(26-14-15-35(7,8)9)20(29)28-17(3)21(30)33-22(31)18(25)12-10-11-13-27-23(32)34-24(4,5)6/h16-19,26H,10-15,25H2,1-9H3,(H,27,32)(H,28,29)/t17-,18-,19-/m0/s1. The van der Waals surface area contributed by atoms with Crippen LogP contribution >= 0.6 is 0 Å². The summed E-state index contributed by atoms with van der Waals surface area (Å²) in [5.41, 5.74) is 5.27. The number of unbranched alkanes of at least 4 members (excludes halogenated alkanes) is 1. The lowest BCUT2D eigenvalue weighted by Crippen LogP contribution is -2.52. The largest absolute Gasteiger partial charge is 0.444 e. The van der Waals surface area contributed by atoms with Gasteiger partial charge in [-0.1, -0.05) is 33.5 Å². The molecule has 0 radical (unpaired) electrons. The summed E-state index contributed by atoms with van der Waals surface area (Å²) < 4.78 is 10.0. The molecule has 0 aliphatic carbocycles. The summed E-state index contributed by atoms with van der Waals surface area (Å²) in [5.74, 6) is -1.98. The Labute approximate surface area is 211 Å². The zero-order valence-electron chi connectivity index (χ0n) is 23.1. The molecule has 0 heterocycles. The van der Waals surface area contributed by atoms with Crippen LogP contribution in [-0.4, -0.2) is 68.8 Å². The second-order valence-electron chi connectivity index (χ2n) is 11.5. The van der Waals surface area contributed by atoms with Crippen LogP contribution in [-0.2, 0) is 23.9 Å². The number of hydrogen-bond acceptors (Lipinski definition) is 8. The van der Waals surface area contributed by atoms with Crippen LogP contribution < -0.4 is 21.7 Å². The first-order valence-electron chi connectivity index (χ1n) is 12.4. The van der Waals surface area contributed by atoms with Gasteiger partial charge in [-0.05, 0) is 65.5 Å². The Kier molecular flexibility index (Phi) is 14.3. The minimum absolute atomic E-state index is 0.0275. The maximum atomic E-state index is 12.7. The number of amides is 2. The van der Waals surface area contributed by atoms with Gasteiger partial charge in [0.2, 0.25) is 5.91 Å². The van der Waals surface area contributed by atoms with Crippen molar-refractivity contribution in [3.63, 3.8) is 0 Å². The smallest absolute Gasteiger partial charge is 0.407 e. The van der Waals surface area contributed by atoms with E-state index in [1.807, 2.05) is 13.8 Å². The Balaban J connectivity index is 4.43. The van der Waals surface area contributed by atoms with Gasteiger partial charge in [-0.3, -0.25) is 4.79 Å². The zero-order chi connectivity index (χ0) is 27.4. The third-order valence-corrected chi connectivity index (χ3v) is 6.76. The van der Waals surface area contributed by atoms with Gasteiger partial charge in [-0.2, -0.15) is 0 Å². The molecule has 0 unspecified atom stereocenters. The van der Waals surface area contributed by atoms with Crippen LogP contribution in [0.3, 0.4) is 0 Å². The molecule has 0 saturated carbocycles. The number of carbonyl (C=O) groups excluding carboxylic acids is 4. The monoisotopic (exact) mass is 516 g/mol. The van der Waals surface area contributed by atoms with E-state index in [2.05, 4.69) is 35.6 Å². The highest BCUT2D eigenvalue weighted by Gasteiger charge is 2.28. The molecule has 10 nitrogen and oxygen atoms in total. The first kappa shape index (κ1) is 33.0. The number of esters is 2. The van der Waals surface area contributed by atoms with E-state index in [-0.39, 0.29) is 11.8 Å². The molecule has 3 atom stereocenters. The second kappa shape index (κ2) is 15.2. The lowest BCUT2D eigenvalue weighted by atomic mass is 10.0. The molecular formula is C24H48N4O6Si. The SMILES string of the molecule is CC(C)[C@H](NCC[Si](C)(C)C)C(=O)N[C@@H](C)C(=O)OC(=O)[C@@H](N)CCCCNC(=O)OC(C)(C)C. The van der Waals surface area contributed by atoms with Crippen molar-refractivity contribution >= 4 is 32.0 Å². The molecule has 0 fully saturated rings. The highest BCUT2D eigenvalue weighted by Crippen LogP contribution is 2.09. The zero-order valence-corrected chi connectivity index (χ0v) is 24.1. The minimum atomic E-state index is -1.24. The molecule has 0 aromatic rings. The van der Waals surface area contributed by atoms with Crippen molar-refractivity contribution < 1.29 is 28.7 Å². The van der Waals surface area contributed by atoms with Crippen LogP contribution in [0.2, 0.25) is 25.7 Å². The molecule has 11 heteroatoms. The van der Waals surface area contributed by atoms with Crippen LogP contribution in [0.5, 0.6) is 0 Å². The van der Waals surface area contributed by atoms with Crippen molar-refractivity contribution in [2.45, 2.75) is 110 Å². The average Bonchev–Trinajstić information content (AvgIpc) is 2.67. The quantitative estimate of drug-likeness (QED) is 0.119. The Morgan fingerprint density at radius 1 is 0.943 bits per heavy atom. The van der Waals surface area contributed by atoms with Crippen LogP contribution in [0.25, 0.3) is 0 Å². The number of nitrogens with one attached hydrogen (secondary N) is 3. The summed E-state index contributed by atoms with van der Waals surface area (Å²) in [7, 11) is -1.24. The predicted molar refractivity (Wildman–Crippen MR) is 140 cm³/mol. The number of rotatable bonds is 14. The Morgan fingerprint density at radius 2 is 1.54 bits per heavy atom. The molecule has 204 valence electrons. The van der Waals surface area contributed by atoms with Gasteiger partial charge in [-0.15, -0.1) is 0 Å². The second-order valence-corrected chi connectivity index (χ2v) is 17.1. The molecule has 35 heavy (non-hydrogen) atoms. The van der Waals surface area contributed by atoms with Gasteiger partial charge in [0.15, 0.2) is 0 Å². The van der Waals surface area contributed by atoms with Crippen LogP contribution in [0, 0.1) is 5.92 Å². The molecule has 0 aromatic heterocycles. The van der Waals surface area contributed by atoms with E-state index in [1.165, 1.54) is 6.92 Å². The summed E-state index contributed by atoms with van der Waals surface area (Å²) >= 11 is 0. The van der Waals surface area contributed by atoms with E-state index in [0.29, 0.717) is 25.8 Å². The van der Waals surface area contributed by atoms with Gasteiger partial charge in [0.1, 0.15) is 17.7 Å². The third-order valence-electron chi connectivity index (χ3n) is 5.01. The maximum Gasteiger partial charge on any atom is 0.407 e. The van der Waals surface area contributed by atoms with Gasteiger partial charge in [0, 0.05) is 14.6 Å². The molecule has 0 aromatic carbocycles. The molecule has 0 saturated heterocycles. The molecule has 0 spiro atoms. The van der Waals surface area contributed by atoms with Crippen LogP contribution in [0.1, 0.15) is 60.8 Å². The van der Waals surface area contributed by atoms with E-state index in [0.717, 1.165) is 12.6 Å². The molecule has 5 N–H and O–H groups in total. The lowest BCUT2D eigenvalue weighted by Gasteiger charge is -2.25. The van der Waals surface area contributed by atoms with Crippen LogP contribution in [0.4, 0.5) is 4.79 Å². The molecule has 2 amide bonds. The summed E-state index contributed by atoms with van der Waals surface area (Å²) in [6.07, 6.45) is 0.918. The van der Waals surface area contributed by atoms with Crippen molar-refractivity contribution in [1.29, 1.82) is 0 Å². The van der Waals surface area contributed by atoms with Gasteiger partial charge in [0.25, 0.3) is 0 Å². The van der Waals surface area contributed by atoms with Gasteiger partial charge in [-0.25, -0.2) is 14.4 Å². The van der Waals surface area contributed by atoms with E-state index in [9.17, 15) is 19.2 Å². The van der Waals surface area contributed by atoms with Crippen molar-refractivity contribution in [3.8, 4) is 0 Å². The van der Waals surface area contributed by atoms with Crippen molar-refractivity contribution in [1.82, 2.24) is 16.0 Å². The average molecular weight is 517 g/mol. The van der Waals surface area contributed by atoms with E-state index in [4.69, 9.17) is 15.2 Å². The highest BCUT2D eigenvalue weighted by atomic mass is 28.3. The number of carbonyl (C=O) groups is 4. The van der Waals surface area contributed by atoms with E-state index in [1.54, 1.807) is 20.8 Å². The first-order valence-corrected chi connectivity index (χ1v) is 16.2. The Morgan fingerprint density at radius 3 is 2.06 bits per heavy atom. The van der Waals surface area contributed by atoms with Gasteiger partial charge >= 0.3 is 18.0 Å². The lowest BCUT2D eigenvalue weighted by molar-refractivity contribution is -0.162. The van der Waals surface area contributed by atoms with Crippen molar-refractivity contribution in [3.05, 3.63) is 0 Å². The fourth-order valence-corrected chi connectivity index (χ4v) is 3.87. The van der Waals surface area contributed by atoms with Crippen molar-refractivity contribution in [2.24, 2.45) is 11.7 Å². The third kappa shape index (κ3) is 16.3. The number of hydrogen-bond donors (Lipinski definition) is 4. The fourth-order valence-electron chi connectivity index (χ4n) is 2.97. The fraction of sp³-hybridized carbons (Fsp3) is 0.833. The molecule has 0 rings (SSSR count). The van der Waals surface area contributed by atoms with E-state index >= 15 is 0 Å². The molecule has 0 aliphatic rings. The van der Waals surface area contributed by atoms with Crippen molar-refractivity contribution in [2.75, 3.05) is 13.1 Å². The number of ether oxygens (including phenoxy) is 2. The first-order chi connectivity index (χ1) is 15.9. The van der Waals surface area contributed by atoms with E-state index < -0.39 is 49.8 Å². The Hall–Kier alpha value is -1.98. The number of nitrogens with two attached hydrogens (primary N) is 1. The number of alkyl carbamates (subject to hydrolysis) is 1. The topological polar surface area (TPSA) is 149 Å².